The van der Waals surface area contributed by atoms with Gasteiger partial charge in [-0.05, 0) is 32.6 Å². The number of hydrogen-bond acceptors (Lipinski definition) is 3. The lowest BCUT2D eigenvalue weighted by Crippen LogP contribution is -2.51. The largest absolute Gasteiger partial charge is 0.480 e. The molecule has 6 heteroatoms. The van der Waals surface area contributed by atoms with Gasteiger partial charge in [-0.3, -0.25) is 4.79 Å². The van der Waals surface area contributed by atoms with E-state index < -0.39 is 12.0 Å². The topological polar surface area (TPSA) is 69.6 Å². The average molecular weight is 305 g/mol. The van der Waals surface area contributed by atoms with Crippen molar-refractivity contribution >= 4 is 24.3 Å². The summed E-state index contributed by atoms with van der Waals surface area (Å²) in [6.45, 7) is 2.43. The van der Waals surface area contributed by atoms with E-state index in [0.29, 0.717) is 19.0 Å². The molecule has 0 radical (unpaired) electrons. The van der Waals surface area contributed by atoms with Crippen molar-refractivity contribution < 1.29 is 14.7 Å². The summed E-state index contributed by atoms with van der Waals surface area (Å²) in [4.78, 5) is 25.0. The number of nitrogens with zero attached hydrogens (tertiary/aromatic N) is 1. The summed E-state index contributed by atoms with van der Waals surface area (Å²) in [6, 6.07) is -0.482. The van der Waals surface area contributed by atoms with E-state index in [1.807, 2.05) is 6.92 Å². The van der Waals surface area contributed by atoms with Crippen LogP contribution in [0.25, 0.3) is 0 Å². The van der Waals surface area contributed by atoms with Gasteiger partial charge in [0.05, 0.1) is 6.04 Å². The molecule has 0 aromatic rings. The standard InChI is InChI=1S/C14H24N2O3.ClH/c1-10(15-11-6-3-2-4-7-11)13(17)16-9-5-8-12(16)14(18)19;/h10-12,15H,2-9H2,1H3,(H,18,19);1H/t10-,12+;/m1./s1. The summed E-state index contributed by atoms with van der Waals surface area (Å²) in [5.41, 5.74) is 0. The highest BCUT2D eigenvalue weighted by molar-refractivity contribution is 5.87. The van der Waals surface area contributed by atoms with Gasteiger partial charge in [-0.25, -0.2) is 4.79 Å². The van der Waals surface area contributed by atoms with Crippen molar-refractivity contribution in [3.63, 3.8) is 0 Å². The zero-order valence-electron chi connectivity index (χ0n) is 12.0. The van der Waals surface area contributed by atoms with Crippen molar-refractivity contribution in [2.45, 2.75) is 70.0 Å². The van der Waals surface area contributed by atoms with Crippen molar-refractivity contribution in [3.05, 3.63) is 0 Å². The highest BCUT2D eigenvalue weighted by Crippen LogP contribution is 2.20. The molecule has 1 aliphatic carbocycles. The fourth-order valence-electron chi connectivity index (χ4n) is 3.23. The molecule has 1 amide bonds. The van der Waals surface area contributed by atoms with Gasteiger partial charge in [0.15, 0.2) is 0 Å². The first-order chi connectivity index (χ1) is 9.09. The number of amides is 1. The highest BCUT2D eigenvalue weighted by atomic mass is 35.5. The van der Waals surface area contributed by atoms with Crippen LogP contribution in [0.3, 0.4) is 0 Å². The first-order valence-corrected chi connectivity index (χ1v) is 7.39. The second-order valence-corrected chi connectivity index (χ2v) is 5.75. The molecule has 2 atom stereocenters. The minimum Gasteiger partial charge on any atom is -0.480 e. The number of likely N-dealkylation sites (tertiary alicyclic amines) is 1. The van der Waals surface area contributed by atoms with Gasteiger partial charge in [0.2, 0.25) is 5.91 Å². The molecule has 0 unspecified atom stereocenters. The Labute approximate surface area is 126 Å². The van der Waals surface area contributed by atoms with E-state index in [0.717, 1.165) is 19.3 Å². The molecule has 20 heavy (non-hydrogen) atoms. The number of carbonyl (C=O) groups excluding carboxylic acids is 1. The number of halogens is 1. The molecule has 5 nitrogen and oxygen atoms in total. The molecule has 1 aliphatic heterocycles. The number of carboxylic acids is 1. The third kappa shape index (κ3) is 4.09. The monoisotopic (exact) mass is 304 g/mol. The minimum absolute atomic E-state index is 0. The van der Waals surface area contributed by atoms with E-state index in [4.69, 9.17) is 5.11 Å². The first-order valence-electron chi connectivity index (χ1n) is 7.39. The van der Waals surface area contributed by atoms with Crippen LogP contribution in [0.4, 0.5) is 0 Å². The normalized spacial score (nSPS) is 25.1. The first kappa shape index (κ1) is 17.2. The molecule has 2 rings (SSSR count). The maximum atomic E-state index is 12.3. The summed E-state index contributed by atoms with van der Waals surface area (Å²) in [5, 5.41) is 12.5. The predicted octanol–water partition coefficient (Wildman–Crippen LogP) is 1.79. The third-order valence-electron chi connectivity index (χ3n) is 4.28. The fourth-order valence-corrected chi connectivity index (χ4v) is 3.23. The lowest BCUT2D eigenvalue weighted by atomic mass is 9.95. The van der Waals surface area contributed by atoms with Crippen molar-refractivity contribution in [2.75, 3.05) is 6.54 Å². The van der Waals surface area contributed by atoms with Crippen molar-refractivity contribution in [2.24, 2.45) is 0 Å². The summed E-state index contributed by atoms with van der Waals surface area (Å²) in [7, 11) is 0. The van der Waals surface area contributed by atoms with Gasteiger partial charge < -0.3 is 15.3 Å². The SMILES string of the molecule is C[C@@H](NC1CCCCC1)C(=O)N1CCC[C@H]1C(=O)O.Cl. The lowest BCUT2D eigenvalue weighted by molar-refractivity contribution is -0.148. The quantitative estimate of drug-likeness (QED) is 0.831. The molecule has 2 N–H and O–H groups in total. The van der Waals surface area contributed by atoms with Crippen LogP contribution in [-0.4, -0.2) is 46.6 Å². The number of nitrogens with one attached hydrogen (secondary N) is 1. The molecule has 0 aromatic carbocycles. The third-order valence-corrected chi connectivity index (χ3v) is 4.28. The highest BCUT2D eigenvalue weighted by Gasteiger charge is 2.36. The number of rotatable bonds is 4. The second-order valence-electron chi connectivity index (χ2n) is 5.75. The lowest BCUT2D eigenvalue weighted by Gasteiger charge is -2.30. The van der Waals surface area contributed by atoms with Gasteiger partial charge in [-0.15, -0.1) is 12.4 Å². The van der Waals surface area contributed by atoms with E-state index in [-0.39, 0.29) is 24.4 Å². The fraction of sp³-hybridized carbons (Fsp3) is 0.857. The summed E-state index contributed by atoms with van der Waals surface area (Å²) in [6.07, 6.45) is 7.35. The van der Waals surface area contributed by atoms with Crippen molar-refractivity contribution in [1.29, 1.82) is 0 Å². The maximum absolute atomic E-state index is 12.3. The molecule has 0 aromatic heterocycles. The van der Waals surface area contributed by atoms with Crippen LogP contribution >= 0.6 is 12.4 Å². The molecule has 2 aliphatic rings. The van der Waals surface area contributed by atoms with E-state index in [9.17, 15) is 9.59 Å². The Kier molecular flexibility index (Phi) is 6.76. The molecule has 1 saturated heterocycles. The van der Waals surface area contributed by atoms with E-state index in [1.165, 1.54) is 24.2 Å². The van der Waals surface area contributed by atoms with Crippen LogP contribution < -0.4 is 5.32 Å². The predicted molar refractivity (Wildman–Crippen MR) is 79.1 cm³/mol. The number of aliphatic carboxylic acids is 1. The average Bonchev–Trinajstić information content (AvgIpc) is 2.88. The second kappa shape index (κ2) is 7.84. The van der Waals surface area contributed by atoms with Crippen LogP contribution in [0.5, 0.6) is 0 Å². The molecule has 0 bridgehead atoms. The Morgan fingerprint density at radius 3 is 2.40 bits per heavy atom. The molecular formula is C14H25ClN2O3. The van der Waals surface area contributed by atoms with E-state index >= 15 is 0 Å². The van der Waals surface area contributed by atoms with Gasteiger partial charge >= 0.3 is 5.97 Å². The smallest absolute Gasteiger partial charge is 0.326 e. The van der Waals surface area contributed by atoms with Crippen LogP contribution in [0.2, 0.25) is 0 Å². The molecule has 2 fully saturated rings. The molecule has 1 heterocycles. The molecule has 0 spiro atoms. The number of carboxylic acid groups (broad SMARTS) is 1. The zero-order chi connectivity index (χ0) is 13.8. The summed E-state index contributed by atoms with van der Waals surface area (Å²) >= 11 is 0. The molecule has 1 saturated carbocycles. The van der Waals surface area contributed by atoms with E-state index in [1.54, 1.807) is 0 Å². The molecular weight excluding hydrogens is 280 g/mol. The van der Waals surface area contributed by atoms with Gasteiger partial charge in [0.1, 0.15) is 6.04 Å². The number of carbonyl (C=O) groups is 2. The Bertz CT molecular complexity index is 345. The van der Waals surface area contributed by atoms with E-state index in [2.05, 4.69) is 5.32 Å². The van der Waals surface area contributed by atoms with Crippen LogP contribution in [0.15, 0.2) is 0 Å². The molecule has 116 valence electrons. The summed E-state index contributed by atoms with van der Waals surface area (Å²) in [5.74, 6) is -0.939. The van der Waals surface area contributed by atoms with Crippen LogP contribution in [0, 0.1) is 0 Å². The maximum Gasteiger partial charge on any atom is 0.326 e. The Morgan fingerprint density at radius 2 is 1.80 bits per heavy atom. The van der Waals surface area contributed by atoms with Crippen LogP contribution in [0.1, 0.15) is 51.9 Å². The Morgan fingerprint density at radius 1 is 1.15 bits per heavy atom. The Balaban J connectivity index is 0.00000200. The van der Waals surface area contributed by atoms with Gasteiger partial charge in [0, 0.05) is 12.6 Å². The number of hydrogen-bond donors (Lipinski definition) is 2. The van der Waals surface area contributed by atoms with Crippen molar-refractivity contribution in [1.82, 2.24) is 10.2 Å². The van der Waals surface area contributed by atoms with Gasteiger partial charge in [-0.2, -0.15) is 0 Å². The zero-order valence-corrected chi connectivity index (χ0v) is 12.8. The van der Waals surface area contributed by atoms with Crippen molar-refractivity contribution in [3.8, 4) is 0 Å². The van der Waals surface area contributed by atoms with Gasteiger partial charge in [-0.1, -0.05) is 19.3 Å². The van der Waals surface area contributed by atoms with Gasteiger partial charge in [0.25, 0.3) is 0 Å². The van der Waals surface area contributed by atoms with Crippen LogP contribution in [-0.2, 0) is 9.59 Å². The Hall–Kier alpha value is -0.810. The minimum atomic E-state index is -0.879. The summed E-state index contributed by atoms with van der Waals surface area (Å²) < 4.78 is 0.